The van der Waals surface area contributed by atoms with E-state index in [9.17, 15) is 5.11 Å². The van der Waals surface area contributed by atoms with Gasteiger partial charge in [-0.05, 0) is 17.7 Å². The number of nitrogens with zero attached hydrogens (tertiary/aromatic N) is 3. The van der Waals surface area contributed by atoms with Crippen molar-refractivity contribution in [2.24, 2.45) is 0 Å². The lowest BCUT2D eigenvalue weighted by Gasteiger charge is -2.08. The number of aliphatic hydroxyl groups is 1. The summed E-state index contributed by atoms with van der Waals surface area (Å²) in [4.78, 5) is 15.8. The first-order chi connectivity index (χ1) is 10.7. The number of anilines is 1. The molecule has 0 atom stereocenters. The largest absolute Gasteiger partial charge is 0.396 e. The van der Waals surface area contributed by atoms with E-state index in [0.717, 1.165) is 22.5 Å². The molecule has 3 aromatic heterocycles. The predicted octanol–water partition coefficient (Wildman–Crippen LogP) is 2.19. The molecular weight excluding hydrogens is 302 g/mol. The average molecular weight is 316 g/mol. The van der Waals surface area contributed by atoms with Crippen LogP contribution in [0.25, 0.3) is 11.3 Å². The fourth-order valence-electron chi connectivity index (χ4n) is 2.26. The van der Waals surface area contributed by atoms with Crippen LogP contribution >= 0.6 is 11.6 Å². The number of nitrogen functional groups attached to an aromatic ring is 1. The SMILES string of the molecule is Nc1c(Cl)ccnc1Cc1[nH]cnc1-c1cnccc1CO. The average Bonchev–Trinajstić information content (AvgIpc) is 3.00. The molecule has 7 heteroatoms. The van der Waals surface area contributed by atoms with Crippen molar-refractivity contribution in [1.29, 1.82) is 0 Å². The Bertz CT molecular complexity index is 802. The smallest absolute Gasteiger partial charge is 0.0935 e. The zero-order chi connectivity index (χ0) is 15.5. The minimum Gasteiger partial charge on any atom is -0.396 e. The summed E-state index contributed by atoms with van der Waals surface area (Å²) in [6.45, 7) is -0.0816. The minimum atomic E-state index is -0.0816. The van der Waals surface area contributed by atoms with Crippen LogP contribution in [0.3, 0.4) is 0 Å². The Kier molecular flexibility index (Phi) is 4.04. The monoisotopic (exact) mass is 315 g/mol. The van der Waals surface area contributed by atoms with Crippen molar-refractivity contribution in [3.63, 3.8) is 0 Å². The minimum absolute atomic E-state index is 0.0816. The summed E-state index contributed by atoms with van der Waals surface area (Å²) < 4.78 is 0. The summed E-state index contributed by atoms with van der Waals surface area (Å²) in [5, 5.41) is 9.94. The summed E-state index contributed by atoms with van der Waals surface area (Å²) in [7, 11) is 0. The van der Waals surface area contributed by atoms with Crippen molar-refractivity contribution in [3.05, 3.63) is 59.0 Å². The van der Waals surface area contributed by atoms with E-state index in [1.807, 2.05) is 0 Å². The maximum Gasteiger partial charge on any atom is 0.0935 e. The maximum absolute atomic E-state index is 9.46. The number of rotatable bonds is 4. The van der Waals surface area contributed by atoms with Crippen molar-refractivity contribution in [2.45, 2.75) is 13.0 Å². The molecule has 0 aliphatic heterocycles. The Balaban J connectivity index is 2.01. The van der Waals surface area contributed by atoms with Crippen molar-refractivity contribution in [2.75, 3.05) is 5.73 Å². The van der Waals surface area contributed by atoms with Gasteiger partial charge in [-0.2, -0.15) is 0 Å². The van der Waals surface area contributed by atoms with Crippen molar-refractivity contribution < 1.29 is 5.11 Å². The second kappa shape index (κ2) is 6.13. The van der Waals surface area contributed by atoms with Crippen LogP contribution in [-0.2, 0) is 13.0 Å². The molecule has 0 radical (unpaired) electrons. The molecule has 0 spiro atoms. The number of hydrogen-bond acceptors (Lipinski definition) is 5. The van der Waals surface area contributed by atoms with E-state index in [-0.39, 0.29) is 6.61 Å². The van der Waals surface area contributed by atoms with E-state index in [1.54, 1.807) is 37.1 Å². The number of pyridine rings is 2. The molecule has 22 heavy (non-hydrogen) atoms. The second-order valence-electron chi connectivity index (χ2n) is 4.75. The van der Waals surface area contributed by atoms with Crippen LogP contribution in [0, 0.1) is 0 Å². The van der Waals surface area contributed by atoms with Crippen LogP contribution in [-0.4, -0.2) is 25.0 Å². The van der Waals surface area contributed by atoms with Crippen LogP contribution in [0.5, 0.6) is 0 Å². The molecule has 3 heterocycles. The normalized spacial score (nSPS) is 10.8. The van der Waals surface area contributed by atoms with E-state index in [2.05, 4.69) is 19.9 Å². The number of hydrogen-bond donors (Lipinski definition) is 3. The van der Waals surface area contributed by atoms with Crippen LogP contribution in [0.2, 0.25) is 5.02 Å². The number of nitrogens with one attached hydrogen (secondary N) is 1. The van der Waals surface area contributed by atoms with Crippen molar-refractivity contribution >= 4 is 17.3 Å². The molecule has 0 aliphatic rings. The van der Waals surface area contributed by atoms with Gasteiger partial charge in [0.1, 0.15) is 0 Å². The van der Waals surface area contributed by atoms with Crippen molar-refractivity contribution in [3.8, 4) is 11.3 Å². The summed E-state index contributed by atoms with van der Waals surface area (Å²) in [5.74, 6) is 0. The Morgan fingerprint density at radius 2 is 2.09 bits per heavy atom. The van der Waals surface area contributed by atoms with E-state index >= 15 is 0 Å². The molecule has 4 N–H and O–H groups in total. The quantitative estimate of drug-likeness (QED) is 0.685. The van der Waals surface area contributed by atoms with E-state index < -0.39 is 0 Å². The topological polar surface area (TPSA) is 101 Å². The highest BCUT2D eigenvalue weighted by Crippen LogP contribution is 2.27. The fourth-order valence-corrected chi connectivity index (χ4v) is 2.43. The van der Waals surface area contributed by atoms with Crippen LogP contribution in [0.1, 0.15) is 17.0 Å². The highest BCUT2D eigenvalue weighted by Gasteiger charge is 2.15. The molecule has 0 aromatic carbocycles. The second-order valence-corrected chi connectivity index (χ2v) is 5.16. The van der Waals surface area contributed by atoms with Gasteiger partial charge in [0.25, 0.3) is 0 Å². The van der Waals surface area contributed by atoms with Gasteiger partial charge in [-0.25, -0.2) is 4.98 Å². The zero-order valence-corrected chi connectivity index (χ0v) is 12.4. The zero-order valence-electron chi connectivity index (χ0n) is 11.6. The summed E-state index contributed by atoms with van der Waals surface area (Å²) in [5.41, 5.74) is 10.2. The van der Waals surface area contributed by atoms with Gasteiger partial charge in [0.15, 0.2) is 0 Å². The third-order valence-corrected chi connectivity index (χ3v) is 3.75. The molecule has 0 saturated heterocycles. The molecule has 0 fully saturated rings. The van der Waals surface area contributed by atoms with Gasteiger partial charge >= 0.3 is 0 Å². The molecular formula is C15H14ClN5O. The number of nitrogens with two attached hydrogens (primary N) is 1. The number of aromatic nitrogens is 4. The van der Waals surface area contributed by atoms with Gasteiger partial charge in [0.05, 0.1) is 35.0 Å². The lowest BCUT2D eigenvalue weighted by atomic mass is 10.0. The molecule has 3 aromatic rings. The number of halogens is 1. The molecule has 0 unspecified atom stereocenters. The first-order valence-electron chi connectivity index (χ1n) is 6.66. The van der Waals surface area contributed by atoms with Crippen LogP contribution in [0.4, 0.5) is 5.69 Å². The number of imidazole rings is 1. The molecule has 0 aliphatic carbocycles. The van der Waals surface area contributed by atoms with Gasteiger partial charge < -0.3 is 15.8 Å². The molecule has 112 valence electrons. The number of aliphatic hydroxyl groups excluding tert-OH is 1. The van der Waals surface area contributed by atoms with Gasteiger partial charge in [-0.15, -0.1) is 0 Å². The highest BCUT2D eigenvalue weighted by molar-refractivity contribution is 6.33. The van der Waals surface area contributed by atoms with Crippen LogP contribution < -0.4 is 5.73 Å². The summed E-state index contributed by atoms with van der Waals surface area (Å²) in [6, 6.07) is 3.42. The molecule has 3 rings (SSSR count). The molecule has 6 nitrogen and oxygen atoms in total. The lowest BCUT2D eigenvalue weighted by molar-refractivity contribution is 0.282. The Morgan fingerprint density at radius 3 is 2.91 bits per heavy atom. The van der Waals surface area contributed by atoms with E-state index in [4.69, 9.17) is 17.3 Å². The Hall–Kier alpha value is -2.44. The van der Waals surface area contributed by atoms with Gasteiger partial charge in [0.2, 0.25) is 0 Å². The first-order valence-corrected chi connectivity index (χ1v) is 7.03. The molecule has 0 saturated carbocycles. The number of aromatic amines is 1. The molecule has 0 bridgehead atoms. The molecule has 0 amide bonds. The predicted molar refractivity (Wildman–Crippen MR) is 84.2 cm³/mol. The van der Waals surface area contributed by atoms with E-state index in [1.165, 1.54) is 0 Å². The first kappa shape index (κ1) is 14.5. The summed E-state index contributed by atoms with van der Waals surface area (Å²) in [6.07, 6.45) is 6.99. The number of H-pyrrole nitrogens is 1. The summed E-state index contributed by atoms with van der Waals surface area (Å²) >= 11 is 6.02. The third kappa shape index (κ3) is 2.66. The fraction of sp³-hybridized carbons (Fsp3) is 0.133. The van der Waals surface area contributed by atoms with E-state index in [0.29, 0.717) is 22.8 Å². The third-order valence-electron chi connectivity index (χ3n) is 3.42. The van der Waals surface area contributed by atoms with Crippen molar-refractivity contribution in [1.82, 2.24) is 19.9 Å². The maximum atomic E-state index is 9.46. The highest BCUT2D eigenvalue weighted by atomic mass is 35.5. The van der Waals surface area contributed by atoms with Gasteiger partial charge in [0, 0.05) is 36.3 Å². The van der Waals surface area contributed by atoms with Gasteiger partial charge in [-0.1, -0.05) is 11.6 Å². The van der Waals surface area contributed by atoms with Gasteiger partial charge in [-0.3, -0.25) is 9.97 Å². The van der Waals surface area contributed by atoms with Crippen LogP contribution in [0.15, 0.2) is 37.1 Å². The standard InChI is InChI=1S/C15H14ClN5O/c16-11-2-4-19-12(14(11)17)5-13-15(21-8-20-13)10-6-18-3-1-9(10)7-22/h1-4,6,8,22H,5,7,17H2,(H,20,21). The Morgan fingerprint density at radius 1 is 1.23 bits per heavy atom. The Labute approximate surface area is 132 Å². The lowest BCUT2D eigenvalue weighted by Crippen LogP contribution is -2.02.